The van der Waals surface area contributed by atoms with Crippen LogP contribution in [-0.2, 0) is 14.8 Å². The van der Waals surface area contributed by atoms with Crippen LogP contribution in [0.25, 0.3) is 5.65 Å². The molecule has 0 radical (unpaired) electrons. The van der Waals surface area contributed by atoms with Crippen molar-refractivity contribution in [2.45, 2.75) is 30.9 Å². The van der Waals surface area contributed by atoms with Gasteiger partial charge in [-0.3, -0.25) is 4.79 Å². The minimum atomic E-state index is -3.55. The quantitative estimate of drug-likeness (QED) is 0.893. The van der Waals surface area contributed by atoms with E-state index in [9.17, 15) is 13.2 Å². The van der Waals surface area contributed by atoms with Crippen LogP contribution in [0.4, 0.5) is 5.69 Å². The smallest absolute Gasteiger partial charge is 0.247 e. The first-order valence-electron chi connectivity index (χ1n) is 7.69. The van der Waals surface area contributed by atoms with E-state index in [0.29, 0.717) is 31.6 Å². The first-order chi connectivity index (χ1) is 10.9. The van der Waals surface area contributed by atoms with E-state index in [1.807, 2.05) is 17.5 Å². The number of aromatic nitrogens is 2. The summed E-state index contributed by atoms with van der Waals surface area (Å²) in [5, 5.41) is 2.79. The number of rotatable bonds is 2. The van der Waals surface area contributed by atoms with Gasteiger partial charge in [0, 0.05) is 37.2 Å². The van der Waals surface area contributed by atoms with Crippen molar-refractivity contribution in [1.29, 1.82) is 0 Å². The maximum Gasteiger partial charge on any atom is 0.247 e. The molecule has 2 unspecified atom stereocenters. The lowest BCUT2D eigenvalue weighted by Gasteiger charge is -2.32. The van der Waals surface area contributed by atoms with Crippen LogP contribution in [-0.4, -0.2) is 45.9 Å². The molecule has 2 fully saturated rings. The van der Waals surface area contributed by atoms with E-state index in [-0.39, 0.29) is 0 Å². The average molecular weight is 334 g/mol. The Morgan fingerprint density at radius 3 is 3.00 bits per heavy atom. The van der Waals surface area contributed by atoms with E-state index >= 15 is 0 Å². The maximum atomic E-state index is 12.8. The van der Waals surface area contributed by atoms with Crippen LogP contribution in [0.1, 0.15) is 25.0 Å². The molecule has 2 aromatic heterocycles. The van der Waals surface area contributed by atoms with Crippen LogP contribution in [0.2, 0.25) is 0 Å². The summed E-state index contributed by atoms with van der Waals surface area (Å²) in [5.74, 6) is -0.424. The number of amides is 1. The molecule has 2 atom stereocenters. The Hall–Kier alpha value is -1.93. The summed E-state index contributed by atoms with van der Waals surface area (Å²) >= 11 is 0. The van der Waals surface area contributed by atoms with Gasteiger partial charge in [-0.05, 0) is 32.3 Å². The zero-order valence-electron chi connectivity index (χ0n) is 12.8. The van der Waals surface area contributed by atoms with Crippen molar-refractivity contribution >= 4 is 27.3 Å². The Bertz CT molecular complexity index is 901. The average Bonchev–Trinajstić information content (AvgIpc) is 2.86. The predicted molar refractivity (Wildman–Crippen MR) is 85.6 cm³/mol. The van der Waals surface area contributed by atoms with Crippen LogP contribution in [0.3, 0.4) is 0 Å². The summed E-state index contributed by atoms with van der Waals surface area (Å²) in [6.07, 6.45) is 5.18. The Morgan fingerprint density at radius 1 is 1.35 bits per heavy atom. The van der Waals surface area contributed by atoms with Gasteiger partial charge >= 0.3 is 0 Å². The molecule has 0 aliphatic carbocycles. The van der Waals surface area contributed by atoms with Crippen molar-refractivity contribution < 1.29 is 13.2 Å². The van der Waals surface area contributed by atoms with Crippen LogP contribution < -0.4 is 5.32 Å². The van der Waals surface area contributed by atoms with Gasteiger partial charge in [-0.25, -0.2) is 17.7 Å². The van der Waals surface area contributed by atoms with Gasteiger partial charge in [-0.15, -0.1) is 0 Å². The number of carbonyl (C=O) groups is 1. The first-order valence-corrected chi connectivity index (χ1v) is 9.13. The summed E-state index contributed by atoms with van der Waals surface area (Å²) in [6.45, 7) is 2.86. The number of fused-ring (bicyclic) bond motifs is 3. The maximum absolute atomic E-state index is 12.8. The second-order valence-electron chi connectivity index (χ2n) is 6.27. The summed E-state index contributed by atoms with van der Waals surface area (Å²) < 4.78 is 27.2. The lowest BCUT2D eigenvalue weighted by atomic mass is 9.98. The van der Waals surface area contributed by atoms with Gasteiger partial charge in [0.2, 0.25) is 15.9 Å². The summed E-state index contributed by atoms with van der Waals surface area (Å²) in [5.41, 5.74) is 2.17. The standard InChI is InChI=1S/C15H18N4O3S/c1-11-10-18-7-3-12(9-13(18)16-11)17-14(20)15-4-2-6-19(8-5-15)23(15,21)22/h3,7,9-10H,2,4-6,8H2,1H3,(H,17,20). The number of hydrogen-bond acceptors (Lipinski definition) is 4. The Balaban J connectivity index is 1.66. The third-order valence-corrected chi connectivity index (χ3v) is 7.47. The number of sulfonamides is 1. The first kappa shape index (κ1) is 14.6. The molecule has 4 rings (SSSR count). The van der Waals surface area contributed by atoms with Crippen molar-refractivity contribution in [1.82, 2.24) is 13.7 Å². The predicted octanol–water partition coefficient (Wildman–Crippen LogP) is 1.15. The largest absolute Gasteiger partial charge is 0.324 e. The number of nitrogens with zero attached hydrogens (tertiary/aromatic N) is 3. The van der Waals surface area contributed by atoms with Gasteiger partial charge in [0.25, 0.3) is 0 Å². The molecule has 0 spiro atoms. The summed E-state index contributed by atoms with van der Waals surface area (Å²) in [7, 11) is -3.55. The highest BCUT2D eigenvalue weighted by Crippen LogP contribution is 2.41. The van der Waals surface area contributed by atoms with E-state index < -0.39 is 20.7 Å². The number of carbonyl (C=O) groups excluding carboxylic acids is 1. The number of anilines is 1. The normalized spacial score (nSPS) is 28.8. The molecule has 0 saturated carbocycles. The molecule has 8 heteroatoms. The number of aryl methyl sites for hydroxylation is 1. The van der Waals surface area contributed by atoms with Gasteiger partial charge < -0.3 is 9.72 Å². The minimum absolute atomic E-state index is 0.367. The minimum Gasteiger partial charge on any atom is -0.324 e. The zero-order chi connectivity index (χ0) is 16.2. The van der Waals surface area contributed by atoms with Crippen molar-refractivity contribution in [2.24, 2.45) is 0 Å². The van der Waals surface area contributed by atoms with E-state index in [1.54, 1.807) is 18.3 Å². The zero-order valence-corrected chi connectivity index (χ0v) is 13.6. The monoisotopic (exact) mass is 334 g/mol. The summed E-state index contributed by atoms with van der Waals surface area (Å²) in [6, 6.07) is 3.51. The fourth-order valence-electron chi connectivity index (χ4n) is 3.60. The van der Waals surface area contributed by atoms with Crippen molar-refractivity contribution in [3.05, 3.63) is 30.2 Å². The molecular formula is C15H18N4O3S. The number of imidazole rings is 1. The lowest BCUT2D eigenvalue weighted by Crippen LogP contribution is -2.52. The Morgan fingerprint density at radius 2 is 2.17 bits per heavy atom. The number of hydrogen-bond donors (Lipinski definition) is 1. The molecule has 2 bridgehead atoms. The fraction of sp³-hybridized carbons (Fsp3) is 0.467. The summed E-state index contributed by atoms with van der Waals surface area (Å²) in [4.78, 5) is 17.1. The van der Waals surface area contributed by atoms with Crippen molar-refractivity contribution in [2.75, 3.05) is 18.4 Å². The molecule has 7 nitrogen and oxygen atoms in total. The molecule has 23 heavy (non-hydrogen) atoms. The highest BCUT2D eigenvalue weighted by molar-refractivity contribution is 7.91. The molecule has 1 amide bonds. The number of pyridine rings is 1. The highest BCUT2D eigenvalue weighted by atomic mass is 32.2. The van der Waals surface area contributed by atoms with E-state index in [0.717, 1.165) is 17.8 Å². The molecule has 0 aromatic carbocycles. The second-order valence-corrected chi connectivity index (χ2v) is 8.52. The fourth-order valence-corrected chi connectivity index (χ4v) is 5.84. The van der Waals surface area contributed by atoms with Gasteiger partial charge in [0.05, 0.1) is 5.69 Å². The van der Waals surface area contributed by atoms with Gasteiger partial charge in [0.1, 0.15) is 5.65 Å². The highest BCUT2D eigenvalue weighted by Gasteiger charge is 2.59. The molecular weight excluding hydrogens is 316 g/mol. The molecule has 2 aliphatic heterocycles. The Kier molecular flexibility index (Phi) is 3.05. The van der Waals surface area contributed by atoms with Gasteiger partial charge in [-0.2, -0.15) is 0 Å². The lowest BCUT2D eigenvalue weighted by molar-refractivity contribution is -0.118. The molecule has 2 aromatic rings. The topological polar surface area (TPSA) is 83.8 Å². The van der Waals surface area contributed by atoms with Crippen LogP contribution in [0.15, 0.2) is 24.5 Å². The molecule has 1 N–H and O–H groups in total. The van der Waals surface area contributed by atoms with Crippen LogP contribution in [0, 0.1) is 6.92 Å². The van der Waals surface area contributed by atoms with E-state index in [2.05, 4.69) is 10.3 Å². The molecule has 122 valence electrons. The number of nitrogens with one attached hydrogen (secondary N) is 1. The second kappa shape index (κ2) is 4.78. The van der Waals surface area contributed by atoms with Gasteiger partial charge in [-0.1, -0.05) is 0 Å². The Labute approximate surface area is 134 Å². The molecule has 2 aliphatic rings. The van der Waals surface area contributed by atoms with Crippen molar-refractivity contribution in [3.8, 4) is 0 Å². The van der Waals surface area contributed by atoms with E-state index in [1.165, 1.54) is 4.31 Å². The van der Waals surface area contributed by atoms with Crippen LogP contribution >= 0.6 is 0 Å². The molecule has 4 heterocycles. The van der Waals surface area contributed by atoms with Gasteiger partial charge in [0.15, 0.2) is 4.75 Å². The van der Waals surface area contributed by atoms with Crippen LogP contribution in [0.5, 0.6) is 0 Å². The SMILES string of the molecule is Cc1cn2ccc(NC(=O)C34CCCN(CC3)S4(=O)=O)cc2n1. The third kappa shape index (κ3) is 2.01. The third-order valence-electron chi connectivity index (χ3n) is 4.84. The van der Waals surface area contributed by atoms with E-state index in [4.69, 9.17) is 0 Å². The van der Waals surface area contributed by atoms with Crippen molar-refractivity contribution in [3.63, 3.8) is 0 Å². The molecule has 2 saturated heterocycles.